The van der Waals surface area contributed by atoms with E-state index < -0.39 is 0 Å². The van der Waals surface area contributed by atoms with Crippen molar-refractivity contribution in [3.05, 3.63) is 59.1 Å². The van der Waals surface area contributed by atoms with Crippen LogP contribution in [0.25, 0.3) is 0 Å². The van der Waals surface area contributed by atoms with Crippen LogP contribution in [-0.2, 0) is 16.0 Å². The van der Waals surface area contributed by atoms with Crippen LogP contribution in [0.3, 0.4) is 0 Å². The van der Waals surface area contributed by atoms with Crippen LogP contribution in [-0.4, -0.2) is 24.1 Å². The number of nitrogens with one attached hydrogen (secondary N) is 2. The van der Waals surface area contributed by atoms with Gasteiger partial charge in [0.25, 0.3) is 0 Å². The van der Waals surface area contributed by atoms with Crippen LogP contribution >= 0.6 is 23.4 Å². The van der Waals surface area contributed by atoms with E-state index in [4.69, 9.17) is 11.6 Å². The zero-order chi connectivity index (χ0) is 17.4. The van der Waals surface area contributed by atoms with Gasteiger partial charge in [0.05, 0.1) is 6.42 Å². The minimum atomic E-state index is -0.112. The predicted octanol–water partition coefficient (Wildman–Crippen LogP) is 3.75. The monoisotopic (exact) mass is 362 g/mol. The normalized spacial score (nSPS) is 10.2. The van der Waals surface area contributed by atoms with Gasteiger partial charge in [-0.2, -0.15) is 0 Å². The zero-order valence-corrected chi connectivity index (χ0v) is 14.9. The molecule has 2 aromatic rings. The van der Waals surface area contributed by atoms with Crippen LogP contribution < -0.4 is 10.6 Å². The lowest BCUT2D eigenvalue weighted by Gasteiger charge is -2.07. The fraction of sp³-hybridized carbons (Fsp3) is 0.222. The van der Waals surface area contributed by atoms with Crippen LogP contribution in [0.15, 0.2) is 53.4 Å². The maximum Gasteiger partial charge on any atom is 0.224 e. The summed E-state index contributed by atoms with van der Waals surface area (Å²) in [6, 6.07) is 14.9. The van der Waals surface area contributed by atoms with Crippen molar-refractivity contribution >= 4 is 40.9 Å². The lowest BCUT2D eigenvalue weighted by molar-refractivity contribution is -0.120. The highest BCUT2D eigenvalue weighted by molar-refractivity contribution is 7.99. The Kier molecular flexibility index (Phi) is 7.15. The highest BCUT2D eigenvalue weighted by Gasteiger charge is 2.04. The molecule has 0 aromatic heterocycles. The molecule has 0 atom stereocenters. The molecule has 0 aliphatic carbocycles. The van der Waals surface area contributed by atoms with E-state index in [-0.39, 0.29) is 11.8 Å². The smallest absolute Gasteiger partial charge is 0.224 e. The van der Waals surface area contributed by atoms with Gasteiger partial charge < -0.3 is 10.6 Å². The number of halogens is 1. The van der Waals surface area contributed by atoms with Crippen molar-refractivity contribution in [2.45, 2.75) is 18.2 Å². The fourth-order valence-electron chi connectivity index (χ4n) is 2.05. The molecule has 2 aromatic carbocycles. The van der Waals surface area contributed by atoms with Crippen LogP contribution in [0, 0.1) is 0 Å². The van der Waals surface area contributed by atoms with Gasteiger partial charge in [-0.3, -0.25) is 9.59 Å². The molecule has 4 nitrogen and oxygen atoms in total. The molecule has 0 unspecified atom stereocenters. The van der Waals surface area contributed by atoms with Crippen molar-refractivity contribution in [1.82, 2.24) is 5.32 Å². The van der Waals surface area contributed by atoms with Gasteiger partial charge in [0.2, 0.25) is 11.8 Å². The number of rotatable bonds is 7. The first-order valence-corrected chi connectivity index (χ1v) is 8.91. The molecule has 0 radical (unpaired) electrons. The third-order valence-corrected chi connectivity index (χ3v) is 4.41. The standard InChI is InChI=1S/C18H19ClN2O2S/c1-13(22)21-16-6-2-14(3-7-16)12-18(23)20-10-11-24-17-8-4-15(19)5-9-17/h2-9H,10-12H2,1H3,(H,20,23)(H,21,22). The number of carbonyl (C=O) groups excluding carboxylic acids is 2. The summed E-state index contributed by atoms with van der Waals surface area (Å²) in [6.45, 7) is 2.07. The highest BCUT2D eigenvalue weighted by atomic mass is 35.5. The van der Waals surface area contributed by atoms with E-state index in [1.54, 1.807) is 23.9 Å². The molecular weight excluding hydrogens is 344 g/mol. The Hall–Kier alpha value is -1.98. The second-order valence-electron chi connectivity index (χ2n) is 5.21. The van der Waals surface area contributed by atoms with Gasteiger partial charge in [-0.15, -0.1) is 11.8 Å². The van der Waals surface area contributed by atoms with Gasteiger partial charge in [0.15, 0.2) is 0 Å². The topological polar surface area (TPSA) is 58.2 Å². The molecule has 0 heterocycles. The van der Waals surface area contributed by atoms with E-state index in [9.17, 15) is 9.59 Å². The van der Waals surface area contributed by atoms with Crippen molar-refractivity contribution in [2.75, 3.05) is 17.6 Å². The molecule has 0 saturated carbocycles. The van der Waals surface area contributed by atoms with Gasteiger partial charge in [-0.1, -0.05) is 23.7 Å². The number of hydrogen-bond donors (Lipinski definition) is 2. The fourth-order valence-corrected chi connectivity index (χ4v) is 2.94. The van der Waals surface area contributed by atoms with E-state index in [0.29, 0.717) is 13.0 Å². The van der Waals surface area contributed by atoms with Crippen LogP contribution in [0.4, 0.5) is 5.69 Å². The van der Waals surface area contributed by atoms with E-state index in [0.717, 1.165) is 26.9 Å². The average Bonchev–Trinajstić information content (AvgIpc) is 2.55. The Labute approximate surface area is 151 Å². The van der Waals surface area contributed by atoms with Gasteiger partial charge in [-0.25, -0.2) is 0 Å². The van der Waals surface area contributed by atoms with E-state index in [2.05, 4.69) is 10.6 Å². The van der Waals surface area contributed by atoms with Crippen molar-refractivity contribution < 1.29 is 9.59 Å². The Morgan fingerprint density at radius 2 is 1.71 bits per heavy atom. The second-order valence-corrected chi connectivity index (χ2v) is 6.81. The number of hydrogen-bond acceptors (Lipinski definition) is 3. The molecule has 0 aliphatic rings. The van der Waals surface area contributed by atoms with Gasteiger partial charge in [-0.05, 0) is 42.0 Å². The van der Waals surface area contributed by atoms with Crippen molar-refractivity contribution in [1.29, 1.82) is 0 Å². The number of benzene rings is 2. The van der Waals surface area contributed by atoms with E-state index >= 15 is 0 Å². The van der Waals surface area contributed by atoms with Gasteiger partial charge >= 0.3 is 0 Å². The molecule has 6 heteroatoms. The Morgan fingerprint density at radius 3 is 2.33 bits per heavy atom. The summed E-state index contributed by atoms with van der Waals surface area (Å²) < 4.78 is 0. The molecule has 2 amide bonds. The summed E-state index contributed by atoms with van der Waals surface area (Å²) in [5.41, 5.74) is 1.64. The third kappa shape index (κ3) is 6.64. The minimum Gasteiger partial charge on any atom is -0.355 e. The molecule has 126 valence electrons. The number of anilines is 1. The van der Waals surface area contributed by atoms with Crippen LogP contribution in [0.5, 0.6) is 0 Å². The highest BCUT2D eigenvalue weighted by Crippen LogP contribution is 2.19. The lowest BCUT2D eigenvalue weighted by atomic mass is 10.1. The van der Waals surface area contributed by atoms with E-state index in [1.165, 1.54) is 6.92 Å². The Bertz CT molecular complexity index is 687. The molecular formula is C18H19ClN2O2S. The summed E-state index contributed by atoms with van der Waals surface area (Å²) >= 11 is 7.51. The van der Waals surface area contributed by atoms with Gasteiger partial charge in [0, 0.05) is 34.8 Å². The Balaban J connectivity index is 1.69. The molecule has 2 rings (SSSR count). The summed E-state index contributed by atoms with van der Waals surface area (Å²) in [6.07, 6.45) is 0.325. The van der Waals surface area contributed by atoms with Crippen molar-refractivity contribution in [3.63, 3.8) is 0 Å². The molecule has 0 bridgehead atoms. The number of thioether (sulfide) groups is 1. The minimum absolute atomic E-state index is 0.0148. The Morgan fingerprint density at radius 1 is 1.04 bits per heavy atom. The maximum absolute atomic E-state index is 11.9. The summed E-state index contributed by atoms with van der Waals surface area (Å²) in [7, 11) is 0. The number of amides is 2. The lowest BCUT2D eigenvalue weighted by Crippen LogP contribution is -2.27. The first kappa shape index (κ1) is 18.4. The van der Waals surface area contributed by atoms with Crippen LogP contribution in [0.2, 0.25) is 5.02 Å². The quantitative estimate of drug-likeness (QED) is 0.582. The summed E-state index contributed by atoms with van der Waals surface area (Å²) in [5, 5.41) is 6.32. The second kappa shape index (κ2) is 9.35. The summed E-state index contributed by atoms with van der Waals surface area (Å²) in [5.74, 6) is 0.673. The SMILES string of the molecule is CC(=O)Nc1ccc(CC(=O)NCCSc2ccc(Cl)cc2)cc1. The molecule has 0 fully saturated rings. The van der Waals surface area contributed by atoms with Crippen molar-refractivity contribution in [3.8, 4) is 0 Å². The van der Waals surface area contributed by atoms with Gasteiger partial charge in [0.1, 0.15) is 0 Å². The molecule has 0 spiro atoms. The first-order valence-electron chi connectivity index (χ1n) is 7.54. The molecule has 0 saturated heterocycles. The first-order chi connectivity index (χ1) is 11.5. The molecule has 2 N–H and O–H groups in total. The molecule has 0 aliphatic heterocycles. The number of carbonyl (C=O) groups is 2. The predicted molar refractivity (Wildman–Crippen MR) is 99.6 cm³/mol. The molecule has 24 heavy (non-hydrogen) atoms. The zero-order valence-electron chi connectivity index (χ0n) is 13.3. The average molecular weight is 363 g/mol. The van der Waals surface area contributed by atoms with E-state index in [1.807, 2.05) is 36.4 Å². The largest absolute Gasteiger partial charge is 0.355 e. The van der Waals surface area contributed by atoms with Crippen molar-refractivity contribution in [2.24, 2.45) is 0 Å². The maximum atomic E-state index is 11.9. The van der Waals surface area contributed by atoms with Crippen LogP contribution in [0.1, 0.15) is 12.5 Å². The third-order valence-electron chi connectivity index (χ3n) is 3.15. The summed E-state index contributed by atoms with van der Waals surface area (Å²) in [4.78, 5) is 24.0.